The molecule has 0 radical (unpaired) electrons. The van der Waals surface area contributed by atoms with E-state index in [1.165, 1.54) is 4.88 Å². The Labute approximate surface area is 139 Å². The Bertz CT molecular complexity index is 620. The standard InChI is InChI=1S/C14H19N5OS.ClH/c1-19-9-10(7-17-19)6-13(20)18-14-16-8-12(21-14)11-2-4-15-5-3-11;/h7-9,11,15H,2-6H2,1H3,(H,16,18,20);1H. The molecule has 120 valence electrons. The predicted molar refractivity (Wildman–Crippen MR) is 89.7 cm³/mol. The van der Waals surface area contributed by atoms with E-state index < -0.39 is 0 Å². The van der Waals surface area contributed by atoms with E-state index in [2.05, 4.69) is 20.7 Å². The fourth-order valence-corrected chi connectivity index (χ4v) is 3.55. The van der Waals surface area contributed by atoms with Gasteiger partial charge in [0.25, 0.3) is 0 Å². The van der Waals surface area contributed by atoms with Crippen molar-refractivity contribution in [1.82, 2.24) is 20.1 Å². The summed E-state index contributed by atoms with van der Waals surface area (Å²) in [5, 5.41) is 11.0. The molecule has 0 aromatic carbocycles. The van der Waals surface area contributed by atoms with Gasteiger partial charge in [-0.3, -0.25) is 9.48 Å². The number of halogens is 1. The molecule has 22 heavy (non-hydrogen) atoms. The fraction of sp³-hybridized carbons (Fsp3) is 0.500. The van der Waals surface area contributed by atoms with Gasteiger partial charge in [-0.1, -0.05) is 0 Å². The summed E-state index contributed by atoms with van der Waals surface area (Å²) in [6.45, 7) is 2.12. The highest BCUT2D eigenvalue weighted by molar-refractivity contribution is 7.15. The summed E-state index contributed by atoms with van der Waals surface area (Å²) >= 11 is 1.59. The first kappa shape index (κ1) is 16.9. The minimum atomic E-state index is -0.0470. The quantitative estimate of drug-likeness (QED) is 0.891. The molecule has 1 saturated heterocycles. The average Bonchev–Trinajstić information content (AvgIpc) is 3.09. The summed E-state index contributed by atoms with van der Waals surface area (Å²) < 4.78 is 1.70. The second-order valence-electron chi connectivity index (χ2n) is 5.34. The Morgan fingerprint density at radius 2 is 2.23 bits per heavy atom. The second kappa shape index (κ2) is 7.71. The molecule has 2 aromatic rings. The highest BCUT2D eigenvalue weighted by Crippen LogP contribution is 2.31. The van der Waals surface area contributed by atoms with Gasteiger partial charge in [0.1, 0.15) is 0 Å². The first-order valence-electron chi connectivity index (χ1n) is 7.14. The van der Waals surface area contributed by atoms with E-state index in [4.69, 9.17) is 0 Å². The van der Waals surface area contributed by atoms with E-state index in [1.807, 2.05) is 19.4 Å². The number of aromatic nitrogens is 3. The fourth-order valence-electron chi connectivity index (χ4n) is 2.55. The minimum absolute atomic E-state index is 0. The normalized spacial score (nSPS) is 15.3. The van der Waals surface area contributed by atoms with Gasteiger partial charge in [-0.05, 0) is 37.4 Å². The molecule has 0 aliphatic carbocycles. The van der Waals surface area contributed by atoms with Crippen molar-refractivity contribution in [2.75, 3.05) is 18.4 Å². The van der Waals surface area contributed by atoms with E-state index in [9.17, 15) is 4.79 Å². The van der Waals surface area contributed by atoms with Crippen LogP contribution in [0.25, 0.3) is 0 Å². The van der Waals surface area contributed by atoms with Crippen LogP contribution in [0.4, 0.5) is 5.13 Å². The first-order valence-corrected chi connectivity index (χ1v) is 7.96. The van der Waals surface area contributed by atoms with Crippen molar-refractivity contribution in [3.05, 3.63) is 29.0 Å². The van der Waals surface area contributed by atoms with Crippen LogP contribution in [0.5, 0.6) is 0 Å². The van der Waals surface area contributed by atoms with E-state index in [0.29, 0.717) is 17.5 Å². The summed E-state index contributed by atoms with van der Waals surface area (Å²) in [6, 6.07) is 0. The van der Waals surface area contributed by atoms with Crippen LogP contribution in [-0.2, 0) is 18.3 Å². The predicted octanol–water partition coefficient (Wildman–Crippen LogP) is 1.95. The molecule has 2 N–H and O–H groups in total. The topological polar surface area (TPSA) is 71.8 Å². The molecule has 0 saturated carbocycles. The Morgan fingerprint density at radius 3 is 2.91 bits per heavy atom. The zero-order chi connectivity index (χ0) is 14.7. The van der Waals surface area contributed by atoms with Crippen LogP contribution in [0.2, 0.25) is 0 Å². The van der Waals surface area contributed by atoms with E-state index in [0.717, 1.165) is 31.5 Å². The molecule has 3 rings (SSSR count). The Hall–Kier alpha value is -1.44. The number of carbonyl (C=O) groups is 1. The monoisotopic (exact) mass is 341 g/mol. The van der Waals surface area contributed by atoms with Crippen LogP contribution in [0, 0.1) is 0 Å². The molecular formula is C14H20ClN5OS. The number of nitrogens with zero attached hydrogens (tertiary/aromatic N) is 3. The number of piperidine rings is 1. The van der Waals surface area contributed by atoms with Gasteiger partial charge in [-0.25, -0.2) is 4.98 Å². The van der Waals surface area contributed by atoms with Gasteiger partial charge < -0.3 is 10.6 Å². The smallest absolute Gasteiger partial charge is 0.230 e. The maximum atomic E-state index is 12.0. The maximum Gasteiger partial charge on any atom is 0.230 e. The number of nitrogens with one attached hydrogen (secondary N) is 2. The summed E-state index contributed by atoms with van der Waals surface area (Å²) in [6.07, 6.45) is 8.08. The number of hydrogen-bond acceptors (Lipinski definition) is 5. The lowest BCUT2D eigenvalue weighted by atomic mass is 9.97. The molecule has 3 heterocycles. The molecule has 8 heteroatoms. The van der Waals surface area contributed by atoms with Gasteiger partial charge in [-0.2, -0.15) is 5.10 Å². The van der Waals surface area contributed by atoms with Gasteiger partial charge in [-0.15, -0.1) is 23.7 Å². The van der Waals surface area contributed by atoms with Crippen molar-refractivity contribution >= 4 is 34.8 Å². The highest BCUT2D eigenvalue weighted by atomic mass is 35.5. The summed E-state index contributed by atoms with van der Waals surface area (Å²) in [4.78, 5) is 17.6. The molecule has 0 unspecified atom stereocenters. The highest BCUT2D eigenvalue weighted by Gasteiger charge is 2.18. The van der Waals surface area contributed by atoms with Crippen molar-refractivity contribution in [2.24, 2.45) is 7.05 Å². The maximum absolute atomic E-state index is 12.0. The molecule has 6 nitrogen and oxygen atoms in total. The van der Waals surface area contributed by atoms with Crippen LogP contribution in [0.15, 0.2) is 18.6 Å². The van der Waals surface area contributed by atoms with Crippen molar-refractivity contribution in [1.29, 1.82) is 0 Å². The van der Waals surface area contributed by atoms with E-state index >= 15 is 0 Å². The molecule has 1 aliphatic heterocycles. The zero-order valence-electron chi connectivity index (χ0n) is 12.4. The lowest BCUT2D eigenvalue weighted by Crippen LogP contribution is -2.26. The molecular weight excluding hydrogens is 322 g/mol. The third kappa shape index (κ3) is 4.28. The van der Waals surface area contributed by atoms with E-state index in [-0.39, 0.29) is 18.3 Å². The molecule has 1 amide bonds. The van der Waals surface area contributed by atoms with Crippen molar-refractivity contribution in [3.8, 4) is 0 Å². The van der Waals surface area contributed by atoms with Crippen molar-refractivity contribution in [3.63, 3.8) is 0 Å². The van der Waals surface area contributed by atoms with Gasteiger partial charge in [0.2, 0.25) is 5.91 Å². The lowest BCUT2D eigenvalue weighted by molar-refractivity contribution is -0.115. The Kier molecular flexibility index (Phi) is 5.93. The van der Waals surface area contributed by atoms with E-state index in [1.54, 1.807) is 22.2 Å². The van der Waals surface area contributed by atoms with Crippen LogP contribution in [-0.4, -0.2) is 33.8 Å². The SMILES string of the molecule is Cl.Cn1cc(CC(=O)Nc2ncc(C3CCNCC3)s2)cn1. The summed E-state index contributed by atoms with van der Waals surface area (Å²) in [7, 11) is 1.84. The number of rotatable bonds is 4. The largest absolute Gasteiger partial charge is 0.317 e. The van der Waals surface area contributed by atoms with Gasteiger partial charge in [0, 0.05) is 24.3 Å². The van der Waals surface area contributed by atoms with Crippen molar-refractivity contribution in [2.45, 2.75) is 25.2 Å². The Morgan fingerprint density at radius 1 is 1.45 bits per heavy atom. The molecule has 2 aromatic heterocycles. The molecule has 1 aliphatic rings. The Balaban J connectivity index is 0.00000176. The molecule has 0 bridgehead atoms. The summed E-state index contributed by atoms with van der Waals surface area (Å²) in [5.74, 6) is 0.530. The molecule has 0 atom stereocenters. The van der Waals surface area contributed by atoms with Crippen LogP contribution in [0.3, 0.4) is 0 Å². The average molecular weight is 342 g/mol. The molecule has 1 fully saturated rings. The third-order valence-electron chi connectivity index (χ3n) is 3.63. The minimum Gasteiger partial charge on any atom is -0.317 e. The number of aryl methyl sites for hydroxylation is 1. The van der Waals surface area contributed by atoms with Gasteiger partial charge in [0.15, 0.2) is 5.13 Å². The van der Waals surface area contributed by atoms with Crippen LogP contribution in [0.1, 0.15) is 29.2 Å². The molecule has 0 spiro atoms. The summed E-state index contributed by atoms with van der Waals surface area (Å²) in [5.41, 5.74) is 0.908. The number of amides is 1. The number of thiazole rings is 1. The second-order valence-corrected chi connectivity index (χ2v) is 6.40. The zero-order valence-corrected chi connectivity index (χ0v) is 14.0. The third-order valence-corrected chi connectivity index (χ3v) is 4.71. The number of hydrogen-bond donors (Lipinski definition) is 2. The van der Waals surface area contributed by atoms with Crippen molar-refractivity contribution < 1.29 is 4.79 Å². The van der Waals surface area contributed by atoms with Gasteiger partial charge >= 0.3 is 0 Å². The van der Waals surface area contributed by atoms with Crippen LogP contribution >= 0.6 is 23.7 Å². The number of carbonyl (C=O) groups excluding carboxylic acids is 1. The lowest BCUT2D eigenvalue weighted by Gasteiger charge is -2.20. The van der Waals surface area contributed by atoms with Crippen LogP contribution < -0.4 is 10.6 Å². The van der Waals surface area contributed by atoms with Gasteiger partial charge in [0.05, 0.1) is 12.6 Å². The first-order chi connectivity index (χ1) is 10.2. The number of anilines is 1.